The minimum Gasteiger partial charge on any atom is -0.480 e. The molecule has 1 fully saturated rings. The van der Waals surface area contributed by atoms with E-state index in [2.05, 4.69) is 24.1 Å². The number of carboxylic acids is 1. The number of piperidine rings is 1. The van der Waals surface area contributed by atoms with Gasteiger partial charge in [-0.15, -0.1) is 0 Å². The summed E-state index contributed by atoms with van der Waals surface area (Å²) < 4.78 is 0. The molecule has 1 aliphatic heterocycles. The van der Waals surface area contributed by atoms with E-state index >= 15 is 0 Å². The average Bonchev–Trinajstić information content (AvgIpc) is 2.29. The largest absolute Gasteiger partial charge is 0.480 e. The third kappa shape index (κ3) is 4.28. The molecule has 17 heavy (non-hydrogen) atoms. The third-order valence-corrected chi connectivity index (χ3v) is 3.65. The van der Waals surface area contributed by atoms with Gasteiger partial charge in [0.25, 0.3) is 0 Å². The molecule has 1 unspecified atom stereocenters. The van der Waals surface area contributed by atoms with Crippen LogP contribution in [0.4, 0.5) is 0 Å². The van der Waals surface area contributed by atoms with Gasteiger partial charge in [-0.1, -0.05) is 13.8 Å². The summed E-state index contributed by atoms with van der Waals surface area (Å²) in [5.41, 5.74) is -0.809. The maximum atomic E-state index is 11.4. The first-order valence-corrected chi connectivity index (χ1v) is 6.68. The summed E-state index contributed by atoms with van der Waals surface area (Å²) in [6.07, 6.45) is 3.33. The minimum atomic E-state index is -0.809. The van der Waals surface area contributed by atoms with Gasteiger partial charge >= 0.3 is 5.97 Å². The molecular weight excluding hydrogens is 216 g/mol. The van der Waals surface area contributed by atoms with Gasteiger partial charge in [0.1, 0.15) is 5.54 Å². The highest BCUT2D eigenvalue weighted by molar-refractivity contribution is 5.78. The maximum absolute atomic E-state index is 11.4. The molecule has 1 saturated heterocycles. The van der Waals surface area contributed by atoms with E-state index in [-0.39, 0.29) is 0 Å². The Balaban J connectivity index is 2.51. The predicted molar refractivity (Wildman–Crippen MR) is 69.2 cm³/mol. The van der Waals surface area contributed by atoms with Crippen molar-refractivity contribution in [3.63, 3.8) is 0 Å². The van der Waals surface area contributed by atoms with Gasteiger partial charge in [0.15, 0.2) is 0 Å². The molecule has 2 N–H and O–H groups in total. The summed E-state index contributed by atoms with van der Waals surface area (Å²) in [5.74, 6) is 0.0375. The molecule has 0 aromatic rings. The van der Waals surface area contributed by atoms with E-state index in [0.717, 1.165) is 32.0 Å². The van der Waals surface area contributed by atoms with Crippen molar-refractivity contribution < 1.29 is 9.90 Å². The first-order valence-electron chi connectivity index (χ1n) is 6.68. The van der Waals surface area contributed by atoms with Gasteiger partial charge in [-0.05, 0) is 51.7 Å². The van der Waals surface area contributed by atoms with Gasteiger partial charge < -0.3 is 15.3 Å². The Kier molecular flexibility index (Phi) is 5.40. The van der Waals surface area contributed by atoms with Crippen molar-refractivity contribution in [2.75, 3.05) is 26.2 Å². The van der Waals surface area contributed by atoms with Crippen molar-refractivity contribution in [3.8, 4) is 0 Å². The van der Waals surface area contributed by atoms with Crippen molar-refractivity contribution in [1.29, 1.82) is 0 Å². The summed E-state index contributed by atoms with van der Waals surface area (Å²) in [6, 6.07) is 0. The molecule has 0 bridgehead atoms. The van der Waals surface area contributed by atoms with E-state index in [1.807, 2.05) is 0 Å². The molecule has 1 aliphatic rings. The summed E-state index contributed by atoms with van der Waals surface area (Å²) >= 11 is 0. The van der Waals surface area contributed by atoms with Gasteiger partial charge in [-0.25, -0.2) is 0 Å². The van der Waals surface area contributed by atoms with Crippen LogP contribution in [0.15, 0.2) is 0 Å². The second-order valence-electron chi connectivity index (χ2n) is 5.52. The van der Waals surface area contributed by atoms with E-state index < -0.39 is 11.5 Å². The van der Waals surface area contributed by atoms with Crippen LogP contribution in [0.3, 0.4) is 0 Å². The van der Waals surface area contributed by atoms with Gasteiger partial charge in [-0.3, -0.25) is 4.79 Å². The molecule has 0 amide bonds. The first-order chi connectivity index (χ1) is 7.98. The number of nitrogens with zero attached hydrogens (tertiary/aromatic N) is 1. The Hall–Kier alpha value is -0.610. The van der Waals surface area contributed by atoms with Crippen LogP contribution in [0.5, 0.6) is 0 Å². The van der Waals surface area contributed by atoms with Crippen LogP contribution in [0.2, 0.25) is 0 Å². The Morgan fingerprint density at radius 2 is 2.06 bits per heavy atom. The highest BCUT2D eigenvalue weighted by atomic mass is 16.4. The maximum Gasteiger partial charge on any atom is 0.324 e. The highest BCUT2D eigenvalue weighted by Crippen LogP contribution is 2.18. The van der Waals surface area contributed by atoms with Crippen molar-refractivity contribution in [1.82, 2.24) is 10.2 Å². The molecule has 0 saturated carbocycles. The van der Waals surface area contributed by atoms with Crippen molar-refractivity contribution in [2.24, 2.45) is 5.92 Å². The van der Waals surface area contributed by atoms with Gasteiger partial charge in [0.2, 0.25) is 0 Å². The van der Waals surface area contributed by atoms with Crippen molar-refractivity contribution in [3.05, 3.63) is 0 Å². The summed E-state index contributed by atoms with van der Waals surface area (Å²) in [4.78, 5) is 13.7. The van der Waals surface area contributed by atoms with E-state index in [9.17, 15) is 9.90 Å². The first kappa shape index (κ1) is 14.5. The van der Waals surface area contributed by atoms with Gasteiger partial charge in [-0.2, -0.15) is 0 Å². The lowest BCUT2D eigenvalue weighted by Gasteiger charge is -2.36. The molecule has 100 valence electrons. The summed E-state index contributed by atoms with van der Waals surface area (Å²) in [5, 5.41) is 12.5. The molecule has 1 rings (SSSR count). The number of hydrogen-bond acceptors (Lipinski definition) is 3. The Labute approximate surface area is 104 Å². The van der Waals surface area contributed by atoms with E-state index in [4.69, 9.17) is 0 Å². The quantitative estimate of drug-likeness (QED) is 0.742. The van der Waals surface area contributed by atoms with E-state index in [1.54, 1.807) is 6.92 Å². The van der Waals surface area contributed by atoms with Crippen molar-refractivity contribution in [2.45, 2.75) is 45.6 Å². The average molecular weight is 242 g/mol. The van der Waals surface area contributed by atoms with Crippen LogP contribution < -0.4 is 5.32 Å². The van der Waals surface area contributed by atoms with Crippen LogP contribution in [0, 0.1) is 5.92 Å². The van der Waals surface area contributed by atoms with Crippen LogP contribution >= 0.6 is 0 Å². The minimum absolute atomic E-state index is 0.606. The fraction of sp³-hybridized carbons (Fsp3) is 0.923. The second kappa shape index (κ2) is 6.36. The fourth-order valence-electron chi connectivity index (χ4n) is 2.27. The van der Waals surface area contributed by atoms with Crippen LogP contribution in [-0.2, 0) is 4.79 Å². The summed E-state index contributed by atoms with van der Waals surface area (Å²) in [6.45, 7) is 9.53. The monoisotopic (exact) mass is 242 g/mol. The molecule has 4 nitrogen and oxygen atoms in total. The van der Waals surface area contributed by atoms with Crippen LogP contribution in [-0.4, -0.2) is 47.7 Å². The zero-order valence-corrected chi connectivity index (χ0v) is 11.3. The number of carbonyl (C=O) groups is 1. The third-order valence-electron chi connectivity index (χ3n) is 3.65. The molecule has 1 atom stereocenters. The van der Waals surface area contributed by atoms with Crippen LogP contribution in [0.1, 0.15) is 40.0 Å². The predicted octanol–water partition coefficient (Wildman–Crippen LogP) is 1.56. The highest BCUT2D eigenvalue weighted by Gasteiger charge is 2.35. The lowest BCUT2D eigenvalue weighted by molar-refractivity contribution is -0.145. The number of hydrogen-bond donors (Lipinski definition) is 2. The fourth-order valence-corrected chi connectivity index (χ4v) is 2.27. The number of carboxylic acid groups (broad SMARTS) is 1. The normalized spacial score (nSPS) is 22.3. The second-order valence-corrected chi connectivity index (χ2v) is 5.52. The number of rotatable bonds is 6. The smallest absolute Gasteiger partial charge is 0.324 e. The van der Waals surface area contributed by atoms with Gasteiger partial charge in [0.05, 0.1) is 0 Å². The zero-order valence-electron chi connectivity index (χ0n) is 11.3. The number of likely N-dealkylation sites (tertiary alicyclic amines) is 1. The van der Waals surface area contributed by atoms with E-state index in [1.165, 1.54) is 12.8 Å². The molecule has 0 spiro atoms. The van der Waals surface area contributed by atoms with Crippen LogP contribution in [0.25, 0.3) is 0 Å². The molecule has 0 aromatic carbocycles. The topological polar surface area (TPSA) is 52.6 Å². The molecule has 0 radical (unpaired) electrons. The number of nitrogens with one attached hydrogen (secondary N) is 1. The zero-order chi connectivity index (χ0) is 12.9. The van der Waals surface area contributed by atoms with Gasteiger partial charge in [0, 0.05) is 6.54 Å². The van der Waals surface area contributed by atoms with E-state index in [0.29, 0.717) is 6.54 Å². The van der Waals surface area contributed by atoms with Crippen molar-refractivity contribution >= 4 is 5.97 Å². The molecule has 0 aromatic heterocycles. The Morgan fingerprint density at radius 1 is 1.47 bits per heavy atom. The molecular formula is C13H26N2O2. The SMILES string of the molecule is CCCNC(C)(CN1CCC(C)CC1)C(=O)O. The standard InChI is InChI=1S/C13H26N2O2/c1-4-7-14-13(3,12(16)17)10-15-8-5-11(2)6-9-15/h11,14H,4-10H2,1-3H3,(H,16,17). The Bertz CT molecular complexity index is 250. The Morgan fingerprint density at radius 3 is 2.53 bits per heavy atom. The lowest BCUT2D eigenvalue weighted by atomic mass is 9.95. The lowest BCUT2D eigenvalue weighted by Crippen LogP contribution is -2.58. The molecule has 0 aliphatic carbocycles. The number of aliphatic carboxylic acids is 1. The molecule has 1 heterocycles. The molecule has 4 heteroatoms. The summed E-state index contributed by atoms with van der Waals surface area (Å²) in [7, 11) is 0.